The van der Waals surface area contributed by atoms with Gasteiger partial charge in [0.2, 0.25) is 5.91 Å². The van der Waals surface area contributed by atoms with Crippen LogP contribution in [0, 0.1) is 5.92 Å². The van der Waals surface area contributed by atoms with Crippen LogP contribution in [-0.4, -0.2) is 48.7 Å². The molecule has 3 aliphatic rings. The van der Waals surface area contributed by atoms with E-state index < -0.39 is 0 Å². The lowest BCUT2D eigenvalue weighted by Gasteiger charge is -2.26. The van der Waals surface area contributed by atoms with Crippen LogP contribution in [0.2, 0.25) is 0 Å². The lowest BCUT2D eigenvalue weighted by molar-refractivity contribution is -0.132. The molecule has 3 fully saturated rings. The summed E-state index contributed by atoms with van der Waals surface area (Å²) in [6, 6.07) is 0.329. The molecule has 1 N–H and O–H groups in total. The van der Waals surface area contributed by atoms with Gasteiger partial charge in [0, 0.05) is 25.7 Å². The van der Waals surface area contributed by atoms with Crippen molar-refractivity contribution in [3.05, 3.63) is 0 Å². The fraction of sp³-hybridized carbons (Fsp3) is 0.929. The highest BCUT2D eigenvalue weighted by molar-refractivity contribution is 5.81. The standard InChI is InChI=1S/C14H24N2O2/c1-10(14(17)16-7-2-3-8-16)15-12-6-9-18-13(12)11-4-5-11/h10-13,15H,2-9H2,1H3. The van der Waals surface area contributed by atoms with Crippen molar-refractivity contribution in [1.29, 1.82) is 0 Å². The minimum Gasteiger partial charge on any atom is -0.376 e. The van der Waals surface area contributed by atoms with E-state index in [0.717, 1.165) is 44.9 Å². The Morgan fingerprint density at radius 2 is 2.00 bits per heavy atom. The van der Waals surface area contributed by atoms with Crippen molar-refractivity contribution >= 4 is 5.91 Å². The molecule has 2 heterocycles. The lowest BCUT2D eigenvalue weighted by Crippen LogP contribution is -2.50. The van der Waals surface area contributed by atoms with E-state index in [9.17, 15) is 4.79 Å². The number of nitrogens with zero attached hydrogens (tertiary/aromatic N) is 1. The average Bonchev–Trinajstić information content (AvgIpc) is 2.91. The largest absolute Gasteiger partial charge is 0.376 e. The number of ether oxygens (including phenoxy) is 1. The number of carbonyl (C=O) groups excluding carboxylic acids is 1. The molecule has 102 valence electrons. The number of hydrogen-bond acceptors (Lipinski definition) is 3. The van der Waals surface area contributed by atoms with E-state index in [1.807, 2.05) is 11.8 Å². The first-order valence-electron chi connectivity index (χ1n) is 7.42. The van der Waals surface area contributed by atoms with Crippen molar-refractivity contribution in [2.45, 2.75) is 57.2 Å². The highest BCUT2D eigenvalue weighted by Gasteiger charge is 2.41. The molecular formula is C14H24N2O2. The molecule has 4 heteroatoms. The number of rotatable bonds is 4. The summed E-state index contributed by atoms with van der Waals surface area (Å²) in [6.07, 6.45) is 6.34. The van der Waals surface area contributed by atoms with E-state index in [4.69, 9.17) is 4.74 Å². The zero-order valence-corrected chi connectivity index (χ0v) is 11.2. The Bertz CT molecular complexity index is 311. The molecule has 3 atom stereocenters. The molecule has 1 saturated carbocycles. The van der Waals surface area contributed by atoms with Crippen molar-refractivity contribution < 1.29 is 9.53 Å². The number of nitrogens with one attached hydrogen (secondary N) is 1. The van der Waals surface area contributed by atoms with Crippen LogP contribution in [0.4, 0.5) is 0 Å². The summed E-state index contributed by atoms with van der Waals surface area (Å²) in [5.41, 5.74) is 0. The molecule has 0 aromatic rings. The van der Waals surface area contributed by atoms with Crippen LogP contribution in [0.5, 0.6) is 0 Å². The van der Waals surface area contributed by atoms with E-state index in [1.165, 1.54) is 12.8 Å². The fourth-order valence-electron chi connectivity index (χ4n) is 3.28. The Balaban J connectivity index is 1.52. The Kier molecular flexibility index (Phi) is 3.57. The molecule has 3 unspecified atom stereocenters. The zero-order valence-electron chi connectivity index (χ0n) is 11.2. The van der Waals surface area contributed by atoms with E-state index in [0.29, 0.717) is 12.1 Å². The second-order valence-corrected chi connectivity index (χ2v) is 5.99. The summed E-state index contributed by atoms with van der Waals surface area (Å²) in [5, 5.41) is 3.51. The Hall–Kier alpha value is -0.610. The van der Waals surface area contributed by atoms with Crippen molar-refractivity contribution in [1.82, 2.24) is 10.2 Å². The number of likely N-dealkylation sites (tertiary alicyclic amines) is 1. The van der Waals surface area contributed by atoms with Crippen molar-refractivity contribution in [3.63, 3.8) is 0 Å². The van der Waals surface area contributed by atoms with Crippen LogP contribution in [0.15, 0.2) is 0 Å². The van der Waals surface area contributed by atoms with E-state index in [-0.39, 0.29) is 11.9 Å². The van der Waals surface area contributed by atoms with E-state index in [1.54, 1.807) is 0 Å². The number of amides is 1. The second kappa shape index (κ2) is 5.17. The van der Waals surface area contributed by atoms with E-state index >= 15 is 0 Å². The second-order valence-electron chi connectivity index (χ2n) is 5.99. The van der Waals surface area contributed by atoms with Crippen molar-refractivity contribution in [2.24, 2.45) is 5.92 Å². The van der Waals surface area contributed by atoms with Gasteiger partial charge in [0.05, 0.1) is 12.1 Å². The van der Waals surface area contributed by atoms with Gasteiger partial charge in [0.25, 0.3) is 0 Å². The maximum absolute atomic E-state index is 12.2. The highest BCUT2D eigenvalue weighted by Crippen LogP contribution is 2.38. The van der Waals surface area contributed by atoms with Crippen LogP contribution in [0.25, 0.3) is 0 Å². The van der Waals surface area contributed by atoms with Crippen molar-refractivity contribution in [2.75, 3.05) is 19.7 Å². The summed E-state index contributed by atoms with van der Waals surface area (Å²) in [6.45, 7) is 4.74. The molecule has 4 nitrogen and oxygen atoms in total. The fourth-order valence-corrected chi connectivity index (χ4v) is 3.28. The van der Waals surface area contributed by atoms with Gasteiger partial charge in [0.1, 0.15) is 0 Å². The summed E-state index contributed by atoms with van der Waals surface area (Å²) < 4.78 is 5.81. The molecule has 0 spiro atoms. The third-order valence-electron chi connectivity index (χ3n) is 4.47. The third kappa shape index (κ3) is 2.54. The van der Waals surface area contributed by atoms with Gasteiger partial charge in [-0.2, -0.15) is 0 Å². The summed E-state index contributed by atoms with van der Waals surface area (Å²) in [5.74, 6) is 1.02. The lowest BCUT2D eigenvalue weighted by atomic mass is 10.1. The van der Waals surface area contributed by atoms with Gasteiger partial charge < -0.3 is 15.0 Å². The van der Waals surface area contributed by atoms with E-state index in [2.05, 4.69) is 5.32 Å². The molecule has 1 aliphatic carbocycles. The maximum Gasteiger partial charge on any atom is 0.239 e. The van der Waals surface area contributed by atoms with Gasteiger partial charge in [-0.1, -0.05) is 0 Å². The summed E-state index contributed by atoms with van der Waals surface area (Å²) >= 11 is 0. The molecule has 3 rings (SSSR count). The van der Waals surface area contributed by atoms with Crippen LogP contribution < -0.4 is 5.32 Å². The molecule has 0 aromatic carbocycles. The first-order valence-corrected chi connectivity index (χ1v) is 7.42. The molecule has 0 bridgehead atoms. The molecule has 0 radical (unpaired) electrons. The Morgan fingerprint density at radius 3 is 2.67 bits per heavy atom. The smallest absolute Gasteiger partial charge is 0.239 e. The predicted octanol–water partition coefficient (Wildman–Crippen LogP) is 1.15. The first-order chi connectivity index (χ1) is 8.75. The minimum absolute atomic E-state index is 0.0592. The maximum atomic E-state index is 12.2. The van der Waals surface area contributed by atoms with Gasteiger partial charge in [-0.05, 0) is 44.9 Å². The van der Waals surface area contributed by atoms with Gasteiger partial charge in [-0.3, -0.25) is 4.79 Å². The molecule has 2 saturated heterocycles. The zero-order chi connectivity index (χ0) is 12.5. The summed E-state index contributed by atoms with van der Waals surface area (Å²) in [7, 11) is 0. The average molecular weight is 252 g/mol. The Labute approximate surface area is 109 Å². The minimum atomic E-state index is -0.0592. The van der Waals surface area contributed by atoms with Gasteiger partial charge in [0.15, 0.2) is 0 Å². The highest BCUT2D eigenvalue weighted by atomic mass is 16.5. The van der Waals surface area contributed by atoms with Crippen molar-refractivity contribution in [3.8, 4) is 0 Å². The summed E-state index contributed by atoms with van der Waals surface area (Å²) in [4.78, 5) is 14.2. The molecule has 1 amide bonds. The molecule has 18 heavy (non-hydrogen) atoms. The SMILES string of the molecule is CC(NC1CCOC1C1CC1)C(=O)N1CCCC1. The van der Waals surface area contributed by atoms with Crippen LogP contribution >= 0.6 is 0 Å². The quantitative estimate of drug-likeness (QED) is 0.816. The van der Waals surface area contributed by atoms with Gasteiger partial charge in [-0.25, -0.2) is 0 Å². The normalized spacial score (nSPS) is 33.9. The molecular weight excluding hydrogens is 228 g/mol. The monoisotopic (exact) mass is 252 g/mol. The van der Waals surface area contributed by atoms with Gasteiger partial charge in [-0.15, -0.1) is 0 Å². The topological polar surface area (TPSA) is 41.6 Å². The number of hydrogen-bond donors (Lipinski definition) is 1. The van der Waals surface area contributed by atoms with Crippen LogP contribution in [0.3, 0.4) is 0 Å². The number of carbonyl (C=O) groups is 1. The molecule has 0 aromatic heterocycles. The van der Waals surface area contributed by atoms with Crippen LogP contribution in [-0.2, 0) is 9.53 Å². The van der Waals surface area contributed by atoms with Gasteiger partial charge >= 0.3 is 0 Å². The van der Waals surface area contributed by atoms with Crippen LogP contribution in [0.1, 0.15) is 39.0 Å². The predicted molar refractivity (Wildman–Crippen MR) is 69.3 cm³/mol. The third-order valence-corrected chi connectivity index (χ3v) is 4.47. The Morgan fingerprint density at radius 1 is 1.28 bits per heavy atom. The molecule has 2 aliphatic heterocycles. The first kappa shape index (κ1) is 12.4.